The van der Waals surface area contributed by atoms with Gasteiger partial charge < -0.3 is 56.9 Å². The summed E-state index contributed by atoms with van der Waals surface area (Å²) >= 11 is 0. The number of nitriles is 3. The molecule has 0 amide bonds. The summed E-state index contributed by atoms with van der Waals surface area (Å²) in [5, 5.41) is 29.1. The minimum absolute atomic E-state index is 0.0411. The Labute approximate surface area is 790 Å². The van der Waals surface area contributed by atoms with E-state index in [0.29, 0.717) is 65.0 Å². The van der Waals surface area contributed by atoms with Gasteiger partial charge in [-0.1, -0.05) is 135 Å². The van der Waals surface area contributed by atoms with Crippen molar-refractivity contribution in [3.05, 3.63) is 367 Å². The zero-order valence-corrected chi connectivity index (χ0v) is 78.5. The third kappa shape index (κ3) is 29.4. The number of benzene rings is 10. The fraction of sp³-hybridized carbons (Fsp3) is 0.219. The molecule has 1 aliphatic heterocycles. The van der Waals surface area contributed by atoms with Crippen LogP contribution in [0.25, 0.3) is 51.1 Å². The van der Waals surface area contributed by atoms with Gasteiger partial charge in [0.15, 0.2) is 17.3 Å². The normalized spacial score (nSPS) is 11.3. The minimum Gasteiger partial charge on any atom is -0.496 e. The van der Waals surface area contributed by atoms with Crippen LogP contribution in [0, 0.1) is 58.7 Å². The molecule has 0 atom stereocenters. The summed E-state index contributed by atoms with van der Waals surface area (Å²) in [6.45, 7) is 29.0. The quantitative estimate of drug-likeness (QED) is 0.0128. The number of para-hydroxylation sites is 2. The number of ether oxygens (including phenoxy) is 3. The Morgan fingerprint density at radius 1 is 0.400 bits per heavy atom. The van der Waals surface area contributed by atoms with Gasteiger partial charge in [0.1, 0.15) is 50.7 Å². The molecule has 686 valence electrons. The van der Waals surface area contributed by atoms with Crippen molar-refractivity contribution in [2.45, 2.75) is 94.2 Å². The number of allylic oxidation sites excluding steroid dienone is 3. The monoisotopic (exact) mass is 1800 g/mol. The maximum Gasteiger partial charge on any atom is 0.347 e. The number of methoxy groups -OCH3 is 3. The molecule has 4 heterocycles. The van der Waals surface area contributed by atoms with E-state index < -0.39 is 16.9 Å². The van der Waals surface area contributed by atoms with Crippen molar-refractivity contribution in [2.75, 3.05) is 103 Å². The van der Waals surface area contributed by atoms with Crippen molar-refractivity contribution in [3.8, 4) is 60.1 Å². The second kappa shape index (κ2) is 52.2. The standard InChI is InChI=1S/C25H24N2O.C23H20N2O.C17H21NO3.C17H17NO3.C17H13NO3.C15H18N2O/c1-20(17-26)15-23-13-14-24(16-25(23)28-2)27(18-21-9-5-3-6-10-21)19-22-11-7-4-8-12-22;1-18(17-24)15-19-13-14-22(16-23(19)26-2)25(20-9-5-3-6-10-20)21-11-7-4-8-12-21;3*1-4-8-18(9-5-2)14-7-6-13-10-15(12(3)19)17(20)21-16(13)11-14;1-12(11-16)9-13-5-6-14(10-15(13)18-2)17-7-3-4-8-17/h3-16H,18-19H2,1-2H3;3-16H,1-2H3;6-7,10-11H,4-5,8-9H2,1-3H3;4-7,10-11H,1-2,8-9H2,3H3;1-2,6-7,10-11H,8-9H2,3H3;5-6,9-10H,3-4,7-8H2,1-2H3/b20-15-;18-15-;;;;12-9-. The highest BCUT2D eigenvalue weighted by molar-refractivity contribution is 5.99. The van der Waals surface area contributed by atoms with Gasteiger partial charge in [-0.25, -0.2) is 14.4 Å². The van der Waals surface area contributed by atoms with Crippen LogP contribution in [-0.4, -0.2) is 91.0 Å². The summed E-state index contributed by atoms with van der Waals surface area (Å²) in [5.41, 5.74) is 15.1. The van der Waals surface area contributed by atoms with Gasteiger partial charge in [-0.2, -0.15) is 15.8 Å². The van der Waals surface area contributed by atoms with Crippen LogP contribution in [0.2, 0.25) is 0 Å². The third-order valence-electron chi connectivity index (χ3n) is 21.5. The smallest absolute Gasteiger partial charge is 0.347 e. The van der Waals surface area contributed by atoms with Gasteiger partial charge in [0.05, 0.1) is 52.6 Å². The van der Waals surface area contributed by atoms with Crippen LogP contribution in [0.4, 0.5) is 45.5 Å². The molecule has 135 heavy (non-hydrogen) atoms. The van der Waals surface area contributed by atoms with Crippen molar-refractivity contribution in [2.24, 2.45) is 0 Å². The number of terminal acetylenes is 2. The molecule has 21 nitrogen and oxygen atoms in total. The molecule has 3 aromatic heterocycles. The summed E-state index contributed by atoms with van der Waals surface area (Å²) in [5.74, 6) is 6.49. The molecule has 0 aliphatic carbocycles. The molecule has 1 fully saturated rings. The van der Waals surface area contributed by atoms with Crippen LogP contribution >= 0.6 is 0 Å². The average molecular weight is 1800 g/mol. The number of nitrogens with zero attached hydrogens (tertiary/aromatic N) is 9. The van der Waals surface area contributed by atoms with Crippen molar-refractivity contribution < 1.29 is 41.8 Å². The Bertz CT molecular complexity index is 6680. The SMILES string of the molecule is C#CCN(CC#C)c1ccc2cc(C(C)=O)c(=O)oc2c1.C=CCN(CC=C)c1ccc2cc(C(C)=O)c(=O)oc2c1.CCCN(CCC)c1ccc2cc(C(C)=O)c(=O)oc2c1.COc1cc(N(Cc2ccccc2)Cc2ccccc2)ccc1/C=C(/C)C#N.COc1cc(N(c2ccccc2)c2ccccc2)ccc1/C=C(/C)C#N.COc1cc(N2CCCC2)ccc1/C=C(/C)C#N. The molecule has 0 spiro atoms. The number of Topliss-reactive ketones (excluding diaryl/α,β-unsaturated/α-hetero) is 3. The lowest BCUT2D eigenvalue weighted by atomic mass is 10.1. The Balaban J connectivity index is 0.000000183. The molecule has 0 saturated carbocycles. The van der Waals surface area contributed by atoms with Crippen LogP contribution in [0.15, 0.2) is 318 Å². The first-order valence-electron chi connectivity index (χ1n) is 44.2. The fourth-order valence-electron chi connectivity index (χ4n) is 14.8. The van der Waals surface area contributed by atoms with Gasteiger partial charge in [-0.05, 0) is 212 Å². The van der Waals surface area contributed by atoms with Crippen LogP contribution < -0.4 is 60.5 Å². The number of ketones is 3. The summed E-state index contributed by atoms with van der Waals surface area (Å²) in [4.78, 5) is 82.4. The highest BCUT2D eigenvalue weighted by Crippen LogP contribution is 2.39. The number of hydrogen-bond acceptors (Lipinski definition) is 21. The highest BCUT2D eigenvalue weighted by Gasteiger charge is 2.21. The number of fused-ring (bicyclic) bond motifs is 3. The highest BCUT2D eigenvalue weighted by atomic mass is 16.5. The van der Waals surface area contributed by atoms with Crippen molar-refractivity contribution in [3.63, 3.8) is 0 Å². The lowest BCUT2D eigenvalue weighted by Gasteiger charge is -2.26. The number of carbonyl (C=O) groups excluding carboxylic acids is 3. The van der Waals surface area contributed by atoms with E-state index in [9.17, 15) is 28.8 Å². The number of carbonyl (C=O) groups is 3. The van der Waals surface area contributed by atoms with Crippen LogP contribution in [0.3, 0.4) is 0 Å². The lowest BCUT2D eigenvalue weighted by Crippen LogP contribution is -2.24. The van der Waals surface area contributed by atoms with Gasteiger partial charge in [0.25, 0.3) is 0 Å². The second-order valence-corrected chi connectivity index (χ2v) is 31.5. The van der Waals surface area contributed by atoms with Crippen LogP contribution in [0.5, 0.6) is 17.2 Å². The van der Waals surface area contributed by atoms with E-state index in [1.165, 1.54) is 56.5 Å². The third-order valence-corrected chi connectivity index (χ3v) is 21.5. The minimum atomic E-state index is -0.646. The Morgan fingerprint density at radius 3 is 1.07 bits per heavy atom. The van der Waals surface area contributed by atoms with E-state index in [4.69, 9.17) is 56.1 Å². The predicted octanol–water partition coefficient (Wildman–Crippen LogP) is 24.0. The van der Waals surface area contributed by atoms with E-state index >= 15 is 0 Å². The van der Waals surface area contributed by atoms with Gasteiger partial charge in [0.2, 0.25) is 0 Å². The van der Waals surface area contributed by atoms with Gasteiger partial charge in [0, 0.05) is 184 Å². The average Bonchev–Trinajstić information content (AvgIpc) is 1.47. The topological polar surface area (TPSA) is 260 Å². The Kier molecular flexibility index (Phi) is 39.5. The van der Waals surface area contributed by atoms with Gasteiger partial charge in [-0.15, -0.1) is 26.0 Å². The molecule has 14 rings (SSSR count). The molecule has 1 aliphatic rings. The van der Waals surface area contributed by atoms with E-state index in [0.717, 1.165) is 137 Å². The van der Waals surface area contributed by atoms with E-state index in [1.54, 1.807) is 89.5 Å². The first-order chi connectivity index (χ1) is 65.3. The molecule has 1 saturated heterocycles. The molecular formula is C114H113N9O12. The molecule has 0 bridgehead atoms. The molecule has 0 N–H and O–H groups in total. The summed E-state index contributed by atoms with van der Waals surface area (Å²) in [6, 6.07) is 87.4. The molecule has 21 heteroatoms. The first kappa shape index (κ1) is 102. The molecule has 10 aromatic carbocycles. The van der Waals surface area contributed by atoms with E-state index in [-0.39, 0.29) is 34.0 Å². The Morgan fingerprint density at radius 2 is 0.726 bits per heavy atom. The second-order valence-electron chi connectivity index (χ2n) is 31.5. The maximum atomic E-state index is 11.8. The zero-order valence-electron chi connectivity index (χ0n) is 78.5. The van der Waals surface area contributed by atoms with Crippen molar-refractivity contribution in [1.29, 1.82) is 15.8 Å². The van der Waals surface area contributed by atoms with Gasteiger partial charge >= 0.3 is 16.9 Å². The molecule has 0 unspecified atom stereocenters. The zero-order chi connectivity index (χ0) is 97.3. The largest absolute Gasteiger partial charge is 0.496 e. The van der Waals surface area contributed by atoms with Crippen molar-refractivity contribution >= 4 is 114 Å². The molecule has 13 aromatic rings. The molecule has 0 radical (unpaired) electrons. The Hall–Kier alpha value is -16.7. The summed E-state index contributed by atoms with van der Waals surface area (Å²) in [6.07, 6.45) is 24.4. The van der Waals surface area contributed by atoms with E-state index in [2.05, 4.69) is 168 Å². The predicted molar refractivity (Wildman–Crippen MR) is 548 cm³/mol. The van der Waals surface area contributed by atoms with Crippen molar-refractivity contribution in [1.82, 2.24) is 0 Å². The summed E-state index contributed by atoms with van der Waals surface area (Å²) in [7, 11) is 4.98. The number of hydrogen-bond donors (Lipinski definition) is 0. The lowest BCUT2D eigenvalue weighted by molar-refractivity contribution is 0.100. The first-order valence-corrected chi connectivity index (χ1v) is 44.2. The van der Waals surface area contributed by atoms with Crippen LogP contribution in [0.1, 0.15) is 140 Å². The fourth-order valence-corrected chi connectivity index (χ4v) is 14.8. The number of anilines is 8. The maximum absolute atomic E-state index is 11.8. The summed E-state index contributed by atoms with van der Waals surface area (Å²) < 4.78 is 32.3. The molecular weight excluding hydrogens is 1690 g/mol. The number of rotatable bonds is 31. The van der Waals surface area contributed by atoms with E-state index in [1.807, 2.05) is 144 Å². The van der Waals surface area contributed by atoms with Gasteiger partial charge in [-0.3, -0.25) is 14.4 Å². The van der Waals surface area contributed by atoms with Crippen LogP contribution in [-0.2, 0) is 13.1 Å².